The first kappa shape index (κ1) is 14.1. The maximum atomic E-state index is 10.7. The molecule has 0 fully saturated rings. The Bertz CT molecular complexity index is 883. The fraction of sp³-hybridized carbons (Fsp3) is 0.238. The SMILES string of the molecule is CCc1c2c(c3ccccc3c1O)OC(C)(c1ccccc1)C2. The van der Waals surface area contributed by atoms with E-state index in [-0.39, 0.29) is 5.60 Å². The Kier molecular flexibility index (Phi) is 3.08. The van der Waals surface area contributed by atoms with Gasteiger partial charge in [0, 0.05) is 28.3 Å². The molecule has 1 atom stereocenters. The Labute approximate surface area is 136 Å². The quantitative estimate of drug-likeness (QED) is 0.725. The Morgan fingerprint density at radius 1 is 1.00 bits per heavy atom. The highest BCUT2D eigenvalue weighted by Crippen LogP contribution is 2.49. The molecule has 0 radical (unpaired) electrons. The third-order valence-corrected chi connectivity index (χ3v) is 4.93. The monoisotopic (exact) mass is 304 g/mol. The lowest BCUT2D eigenvalue weighted by atomic mass is 9.87. The summed E-state index contributed by atoms with van der Waals surface area (Å²) in [7, 11) is 0. The van der Waals surface area contributed by atoms with Gasteiger partial charge in [0.25, 0.3) is 0 Å². The lowest BCUT2D eigenvalue weighted by Gasteiger charge is -2.24. The minimum atomic E-state index is -0.385. The standard InChI is InChI=1S/C21H20O2/c1-3-15-18-13-21(2,14-9-5-4-6-10-14)23-20(18)17-12-8-7-11-16(17)19(15)22/h4-12,22H,3,13H2,1-2H3. The van der Waals surface area contributed by atoms with Gasteiger partial charge in [-0.15, -0.1) is 0 Å². The Morgan fingerprint density at radius 3 is 2.35 bits per heavy atom. The average Bonchev–Trinajstić information content (AvgIpc) is 2.95. The van der Waals surface area contributed by atoms with E-state index in [1.54, 1.807) is 0 Å². The van der Waals surface area contributed by atoms with Crippen molar-refractivity contribution in [3.05, 3.63) is 71.3 Å². The molecule has 0 aliphatic carbocycles. The molecule has 1 aliphatic heterocycles. The first-order valence-corrected chi connectivity index (χ1v) is 8.14. The topological polar surface area (TPSA) is 29.5 Å². The van der Waals surface area contributed by atoms with Crippen LogP contribution >= 0.6 is 0 Å². The van der Waals surface area contributed by atoms with Crippen LogP contribution in [-0.4, -0.2) is 5.11 Å². The molecule has 1 N–H and O–H groups in total. The summed E-state index contributed by atoms with van der Waals surface area (Å²) in [6.45, 7) is 4.22. The van der Waals surface area contributed by atoms with Crippen LogP contribution in [0.2, 0.25) is 0 Å². The van der Waals surface area contributed by atoms with Crippen LogP contribution in [0.4, 0.5) is 0 Å². The lowest BCUT2D eigenvalue weighted by molar-refractivity contribution is 0.117. The molecule has 3 aromatic carbocycles. The predicted octanol–water partition coefficient (Wildman–Crippen LogP) is 4.96. The summed E-state index contributed by atoms with van der Waals surface area (Å²) in [4.78, 5) is 0. The lowest BCUT2D eigenvalue weighted by Crippen LogP contribution is -2.26. The van der Waals surface area contributed by atoms with Gasteiger partial charge in [0.1, 0.15) is 17.1 Å². The molecular weight excluding hydrogens is 284 g/mol. The van der Waals surface area contributed by atoms with Gasteiger partial charge in [-0.2, -0.15) is 0 Å². The Hall–Kier alpha value is -2.48. The van der Waals surface area contributed by atoms with Gasteiger partial charge in [0.05, 0.1) is 0 Å². The smallest absolute Gasteiger partial charge is 0.135 e. The number of fused-ring (bicyclic) bond motifs is 3. The second-order valence-corrected chi connectivity index (χ2v) is 6.41. The van der Waals surface area contributed by atoms with Crippen molar-refractivity contribution >= 4 is 10.8 Å². The number of phenolic OH excluding ortho intramolecular Hbond substituents is 1. The van der Waals surface area contributed by atoms with E-state index in [9.17, 15) is 5.11 Å². The van der Waals surface area contributed by atoms with E-state index >= 15 is 0 Å². The van der Waals surface area contributed by atoms with Crippen molar-refractivity contribution in [3.63, 3.8) is 0 Å². The Morgan fingerprint density at radius 2 is 1.65 bits per heavy atom. The summed E-state index contributed by atoms with van der Waals surface area (Å²) in [6, 6.07) is 18.3. The minimum Gasteiger partial charge on any atom is -0.507 e. The second kappa shape index (κ2) is 5.02. The molecule has 116 valence electrons. The van der Waals surface area contributed by atoms with Crippen molar-refractivity contribution < 1.29 is 9.84 Å². The molecule has 0 saturated heterocycles. The van der Waals surface area contributed by atoms with E-state index in [2.05, 4.69) is 26.0 Å². The summed E-state index contributed by atoms with van der Waals surface area (Å²) in [5.41, 5.74) is 2.94. The summed E-state index contributed by atoms with van der Waals surface area (Å²) in [5, 5.41) is 12.6. The van der Waals surface area contributed by atoms with Gasteiger partial charge in [0.15, 0.2) is 0 Å². The molecule has 4 rings (SSSR count). The van der Waals surface area contributed by atoms with E-state index in [1.165, 1.54) is 5.56 Å². The maximum Gasteiger partial charge on any atom is 0.135 e. The summed E-state index contributed by atoms with van der Waals surface area (Å²) < 4.78 is 6.48. The highest BCUT2D eigenvalue weighted by atomic mass is 16.5. The molecule has 3 aromatic rings. The molecule has 0 amide bonds. The number of hydrogen-bond donors (Lipinski definition) is 1. The number of benzene rings is 3. The van der Waals surface area contributed by atoms with Crippen molar-refractivity contribution in [2.75, 3.05) is 0 Å². The van der Waals surface area contributed by atoms with Gasteiger partial charge in [-0.1, -0.05) is 61.5 Å². The molecule has 0 aromatic heterocycles. The van der Waals surface area contributed by atoms with Crippen LogP contribution in [0.25, 0.3) is 10.8 Å². The number of aromatic hydroxyl groups is 1. The number of hydrogen-bond acceptors (Lipinski definition) is 2. The van der Waals surface area contributed by atoms with Gasteiger partial charge in [0.2, 0.25) is 0 Å². The molecule has 1 heterocycles. The minimum absolute atomic E-state index is 0.385. The third-order valence-electron chi connectivity index (χ3n) is 4.93. The van der Waals surface area contributed by atoms with Crippen molar-refractivity contribution in [1.82, 2.24) is 0 Å². The van der Waals surface area contributed by atoms with Crippen LogP contribution in [0.1, 0.15) is 30.5 Å². The third kappa shape index (κ3) is 2.02. The fourth-order valence-corrected chi connectivity index (χ4v) is 3.73. The molecule has 0 bridgehead atoms. The summed E-state index contributed by atoms with van der Waals surface area (Å²) in [6.07, 6.45) is 1.58. The normalized spacial score (nSPS) is 19.6. The number of ether oxygens (including phenoxy) is 1. The van der Waals surface area contributed by atoms with Gasteiger partial charge in [-0.05, 0) is 18.9 Å². The van der Waals surface area contributed by atoms with Crippen molar-refractivity contribution in [1.29, 1.82) is 0 Å². The van der Waals surface area contributed by atoms with E-state index in [4.69, 9.17) is 4.74 Å². The molecular formula is C21H20O2. The molecule has 1 aliphatic rings. The first-order chi connectivity index (χ1) is 11.1. The zero-order chi connectivity index (χ0) is 16.0. The molecule has 2 nitrogen and oxygen atoms in total. The van der Waals surface area contributed by atoms with Crippen LogP contribution in [0.5, 0.6) is 11.5 Å². The van der Waals surface area contributed by atoms with Crippen molar-refractivity contribution in [3.8, 4) is 11.5 Å². The summed E-state index contributed by atoms with van der Waals surface area (Å²) in [5.74, 6) is 1.34. The first-order valence-electron chi connectivity index (χ1n) is 8.14. The fourth-order valence-electron chi connectivity index (χ4n) is 3.73. The van der Waals surface area contributed by atoms with Gasteiger partial charge < -0.3 is 9.84 Å². The summed E-state index contributed by atoms with van der Waals surface area (Å²) >= 11 is 0. The van der Waals surface area contributed by atoms with Gasteiger partial charge in [-0.3, -0.25) is 0 Å². The van der Waals surface area contributed by atoms with E-state index < -0.39 is 0 Å². The van der Waals surface area contributed by atoms with Crippen LogP contribution < -0.4 is 4.74 Å². The maximum absolute atomic E-state index is 10.7. The average molecular weight is 304 g/mol. The molecule has 0 spiro atoms. The molecule has 23 heavy (non-hydrogen) atoms. The number of rotatable bonds is 2. The van der Waals surface area contributed by atoms with Gasteiger partial charge >= 0.3 is 0 Å². The van der Waals surface area contributed by atoms with E-state index in [1.807, 2.05) is 42.5 Å². The van der Waals surface area contributed by atoms with Gasteiger partial charge in [-0.25, -0.2) is 0 Å². The highest BCUT2D eigenvalue weighted by Gasteiger charge is 2.39. The van der Waals surface area contributed by atoms with Crippen molar-refractivity contribution in [2.45, 2.75) is 32.3 Å². The Balaban J connectivity index is 1.96. The molecule has 0 saturated carbocycles. The van der Waals surface area contributed by atoms with Crippen molar-refractivity contribution in [2.24, 2.45) is 0 Å². The van der Waals surface area contributed by atoms with Crippen LogP contribution in [0, 0.1) is 0 Å². The van der Waals surface area contributed by atoms with Crippen LogP contribution in [0.3, 0.4) is 0 Å². The van der Waals surface area contributed by atoms with Crippen LogP contribution in [0.15, 0.2) is 54.6 Å². The van der Waals surface area contributed by atoms with E-state index in [0.29, 0.717) is 5.75 Å². The zero-order valence-electron chi connectivity index (χ0n) is 13.5. The number of phenols is 1. The molecule has 2 heteroatoms. The largest absolute Gasteiger partial charge is 0.507 e. The van der Waals surface area contributed by atoms with Crippen LogP contribution in [-0.2, 0) is 18.4 Å². The predicted molar refractivity (Wildman–Crippen MR) is 93.1 cm³/mol. The molecule has 1 unspecified atom stereocenters. The van der Waals surface area contributed by atoms with E-state index in [0.717, 1.165) is 40.5 Å². The zero-order valence-corrected chi connectivity index (χ0v) is 13.5. The second-order valence-electron chi connectivity index (χ2n) is 6.41. The highest BCUT2D eigenvalue weighted by molar-refractivity contribution is 5.96.